The van der Waals surface area contributed by atoms with Crippen LogP contribution < -0.4 is 4.90 Å². The molecule has 1 heterocycles. The Balaban J connectivity index is 2.44. The van der Waals surface area contributed by atoms with E-state index in [-0.39, 0.29) is 20.8 Å². The Bertz CT molecular complexity index is 444. The van der Waals surface area contributed by atoms with Gasteiger partial charge in [0, 0.05) is 0 Å². The number of amides is 2. The molecule has 0 aromatic heterocycles. The van der Waals surface area contributed by atoms with Gasteiger partial charge in [0.05, 0.1) is 5.69 Å². The molecule has 1 aromatic rings. The van der Waals surface area contributed by atoms with Gasteiger partial charge >= 0.3 is 0 Å². The summed E-state index contributed by atoms with van der Waals surface area (Å²) in [5.74, 6) is -0.698. The molecule has 0 saturated carbocycles. The number of nitrogens with zero attached hydrogens (tertiary/aromatic N) is 1. The van der Waals surface area contributed by atoms with E-state index in [4.69, 9.17) is 0 Å². The number of hydrogen-bond donors (Lipinski definition) is 0. The van der Waals surface area contributed by atoms with Crippen LogP contribution in [0.5, 0.6) is 0 Å². The summed E-state index contributed by atoms with van der Waals surface area (Å²) in [7, 11) is 0. The molecule has 1 aliphatic rings. The average molecular weight is 331 g/mol. The van der Waals surface area contributed by atoms with Gasteiger partial charge in [-0.3, -0.25) is 9.59 Å². The van der Waals surface area contributed by atoms with Crippen LogP contribution in [0.25, 0.3) is 0 Å². The van der Waals surface area contributed by atoms with Crippen molar-refractivity contribution in [2.45, 2.75) is 0 Å². The van der Waals surface area contributed by atoms with E-state index in [1.807, 2.05) is 6.07 Å². The second-order valence-electron chi connectivity index (χ2n) is 2.91. The number of para-hydroxylation sites is 1. The van der Waals surface area contributed by atoms with Crippen molar-refractivity contribution in [2.75, 3.05) is 4.90 Å². The average Bonchev–Trinajstić information content (AvgIpc) is 2.45. The topological polar surface area (TPSA) is 37.4 Å². The number of hydrogen-bond acceptors (Lipinski definition) is 2. The molecular weight excluding hydrogens is 326 g/mol. The van der Waals surface area contributed by atoms with Crippen LogP contribution in [-0.2, 0) is 9.59 Å². The first-order valence-corrected chi connectivity index (χ1v) is 5.70. The summed E-state index contributed by atoms with van der Waals surface area (Å²) in [5, 5.41) is 0. The third-order valence-electron chi connectivity index (χ3n) is 1.99. The van der Waals surface area contributed by atoms with Crippen LogP contribution >= 0.6 is 31.9 Å². The number of anilines is 1. The molecular formula is C10H5Br2NO2. The van der Waals surface area contributed by atoms with Crippen molar-refractivity contribution in [3.05, 3.63) is 39.3 Å². The maximum atomic E-state index is 11.7. The highest BCUT2D eigenvalue weighted by Crippen LogP contribution is 2.32. The summed E-state index contributed by atoms with van der Waals surface area (Å²) in [6.07, 6.45) is 0. The smallest absolute Gasteiger partial charge is 0.268 e. The van der Waals surface area contributed by atoms with E-state index in [9.17, 15) is 9.59 Å². The lowest BCUT2D eigenvalue weighted by molar-refractivity contribution is -0.120. The minimum Gasteiger partial charge on any atom is -0.268 e. The van der Waals surface area contributed by atoms with Gasteiger partial charge in [0.2, 0.25) is 0 Å². The highest BCUT2D eigenvalue weighted by Gasteiger charge is 2.36. The first-order valence-electron chi connectivity index (χ1n) is 4.12. The van der Waals surface area contributed by atoms with Crippen LogP contribution in [0.2, 0.25) is 0 Å². The molecule has 15 heavy (non-hydrogen) atoms. The summed E-state index contributed by atoms with van der Waals surface area (Å²) in [6, 6.07) is 8.79. The van der Waals surface area contributed by atoms with E-state index in [2.05, 4.69) is 31.9 Å². The van der Waals surface area contributed by atoms with Crippen molar-refractivity contribution in [1.82, 2.24) is 0 Å². The molecule has 0 N–H and O–H groups in total. The van der Waals surface area contributed by atoms with E-state index < -0.39 is 0 Å². The van der Waals surface area contributed by atoms with Gasteiger partial charge < -0.3 is 0 Å². The summed E-state index contributed by atoms with van der Waals surface area (Å²) in [4.78, 5) is 24.5. The normalized spacial score (nSPS) is 16.5. The number of halogens is 2. The third kappa shape index (κ3) is 1.66. The van der Waals surface area contributed by atoms with Gasteiger partial charge in [0.15, 0.2) is 0 Å². The van der Waals surface area contributed by atoms with Crippen molar-refractivity contribution in [1.29, 1.82) is 0 Å². The van der Waals surface area contributed by atoms with E-state index in [1.165, 1.54) is 0 Å². The molecule has 2 rings (SSSR count). The molecule has 0 aliphatic carbocycles. The Morgan fingerprint density at radius 2 is 1.33 bits per heavy atom. The van der Waals surface area contributed by atoms with Crippen LogP contribution in [0.15, 0.2) is 39.3 Å². The molecule has 1 aromatic carbocycles. The Morgan fingerprint density at radius 1 is 0.867 bits per heavy atom. The maximum absolute atomic E-state index is 11.7. The van der Waals surface area contributed by atoms with Crippen LogP contribution in [0, 0.1) is 0 Å². The van der Waals surface area contributed by atoms with E-state index in [0.717, 1.165) is 4.90 Å². The number of benzene rings is 1. The molecule has 3 nitrogen and oxygen atoms in total. The molecule has 2 amide bonds. The van der Waals surface area contributed by atoms with Gasteiger partial charge in [-0.1, -0.05) is 18.2 Å². The standard InChI is InChI=1S/C10H5Br2NO2/c11-7-8(12)10(15)13(9(7)14)6-4-2-1-3-5-6/h1-5H. The van der Waals surface area contributed by atoms with Crippen molar-refractivity contribution < 1.29 is 9.59 Å². The lowest BCUT2D eigenvalue weighted by Crippen LogP contribution is -2.30. The predicted molar refractivity (Wildman–Crippen MR) is 63.8 cm³/mol. The zero-order chi connectivity index (χ0) is 11.0. The number of imide groups is 1. The molecule has 5 heteroatoms. The van der Waals surface area contributed by atoms with Crippen LogP contribution in [-0.4, -0.2) is 11.8 Å². The van der Waals surface area contributed by atoms with Crippen molar-refractivity contribution in [3.8, 4) is 0 Å². The highest BCUT2D eigenvalue weighted by atomic mass is 79.9. The Hall–Kier alpha value is -0.940. The van der Waals surface area contributed by atoms with Gasteiger partial charge in [-0.2, -0.15) is 0 Å². The van der Waals surface area contributed by atoms with Gasteiger partial charge in [0.25, 0.3) is 11.8 Å². The van der Waals surface area contributed by atoms with Crippen LogP contribution in [0.3, 0.4) is 0 Å². The van der Waals surface area contributed by atoms with Crippen molar-refractivity contribution in [3.63, 3.8) is 0 Å². The van der Waals surface area contributed by atoms with Gasteiger partial charge in [0.1, 0.15) is 8.96 Å². The monoisotopic (exact) mass is 329 g/mol. The molecule has 0 atom stereocenters. The van der Waals surface area contributed by atoms with Crippen molar-refractivity contribution >= 4 is 49.4 Å². The van der Waals surface area contributed by atoms with Crippen molar-refractivity contribution in [2.24, 2.45) is 0 Å². The second-order valence-corrected chi connectivity index (χ2v) is 4.50. The Labute approximate surface area is 103 Å². The Morgan fingerprint density at radius 3 is 1.80 bits per heavy atom. The van der Waals surface area contributed by atoms with Crippen LogP contribution in [0.4, 0.5) is 5.69 Å². The van der Waals surface area contributed by atoms with E-state index in [1.54, 1.807) is 24.3 Å². The zero-order valence-electron chi connectivity index (χ0n) is 7.41. The molecule has 0 radical (unpaired) electrons. The predicted octanol–water partition coefficient (Wildman–Crippen LogP) is 2.56. The number of rotatable bonds is 1. The second kappa shape index (κ2) is 3.90. The first-order chi connectivity index (χ1) is 7.13. The molecule has 76 valence electrons. The highest BCUT2D eigenvalue weighted by molar-refractivity contribution is 9.14. The Kier molecular flexibility index (Phi) is 2.75. The van der Waals surface area contributed by atoms with E-state index in [0.29, 0.717) is 5.69 Å². The third-order valence-corrected chi connectivity index (χ3v) is 3.99. The van der Waals surface area contributed by atoms with E-state index >= 15 is 0 Å². The van der Waals surface area contributed by atoms with Gasteiger partial charge in [-0.15, -0.1) is 0 Å². The molecule has 0 bridgehead atoms. The lowest BCUT2D eigenvalue weighted by Gasteiger charge is -2.13. The van der Waals surface area contributed by atoms with Gasteiger partial charge in [-0.25, -0.2) is 4.90 Å². The minimum atomic E-state index is -0.349. The lowest BCUT2D eigenvalue weighted by atomic mass is 10.3. The molecule has 0 spiro atoms. The number of carbonyl (C=O) groups excluding carboxylic acids is 2. The number of carbonyl (C=O) groups is 2. The first kappa shape index (κ1) is 10.6. The molecule has 0 unspecified atom stereocenters. The SMILES string of the molecule is O=C1C(Br)=C(Br)C(=O)N1c1ccccc1. The zero-order valence-corrected chi connectivity index (χ0v) is 10.6. The largest absolute Gasteiger partial charge is 0.273 e. The fourth-order valence-electron chi connectivity index (χ4n) is 1.29. The summed E-state index contributed by atoms with van der Waals surface area (Å²) in [5.41, 5.74) is 0.568. The molecule has 0 saturated heterocycles. The minimum absolute atomic E-state index is 0.261. The summed E-state index contributed by atoms with van der Waals surface area (Å²) >= 11 is 6.14. The molecule has 1 aliphatic heterocycles. The maximum Gasteiger partial charge on any atom is 0.273 e. The fraction of sp³-hybridized carbons (Fsp3) is 0. The van der Waals surface area contributed by atoms with Gasteiger partial charge in [-0.05, 0) is 44.0 Å². The summed E-state index contributed by atoms with van der Waals surface area (Å²) in [6.45, 7) is 0. The fourth-order valence-corrected chi connectivity index (χ4v) is 1.98. The molecule has 0 fully saturated rings. The summed E-state index contributed by atoms with van der Waals surface area (Å²) < 4.78 is 0.521. The van der Waals surface area contributed by atoms with Crippen LogP contribution in [0.1, 0.15) is 0 Å². The quantitative estimate of drug-likeness (QED) is 0.742.